The average molecular weight is 510 g/mol. The Morgan fingerprint density at radius 1 is 1.24 bits per heavy atom. The van der Waals surface area contributed by atoms with Gasteiger partial charge < -0.3 is 15.2 Å². The van der Waals surface area contributed by atoms with Crippen LogP contribution in [0.4, 0.5) is 11.4 Å². The monoisotopic (exact) mass is 509 g/mol. The maximum atomic E-state index is 13.1. The fourth-order valence-electron chi connectivity index (χ4n) is 3.18. The van der Waals surface area contributed by atoms with Crippen molar-refractivity contribution in [3.05, 3.63) is 46.4 Å². The highest BCUT2D eigenvalue weighted by molar-refractivity contribution is 8.15. The van der Waals surface area contributed by atoms with Crippen molar-refractivity contribution in [1.29, 1.82) is 0 Å². The van der Waals surface area contributed by atoms with Crippen LogP contribution in [-0.2, 0) is 9.59 Å². The van der Waals surface area contributed by atoms with E-state index in [4.69, 9.17) is 27.9 Å². The minimum Gasteiger partial charge on any atom is -0.505 e. The third-order valence-corrected chi connectivity index (χ3v) is 6.53. The van der Waals surface area contributed by atoms with Crippen LogP contribution in [0.1, 0.15) is 33.1 Å². The molecule has 1 aliphatic heterocycles. The number of benzene rings is 2. The highest BCUT2D eigenvalue weighted by Crippen LogP contribution is 2.38. The summed E-state index contributed by atoms with van der Waals surface area (Å²) in [4.78, 5) is 31.8. The molecule has 1 atom stereocenters. The average Bonchev–Trinajstić information content (AvgIpc) is 3.04. The summed E-state index contributed by atoms with van der Waals surface area (Å²) in [6, 6.07) is 10.1. The molecule has 1 aliphatic rings. The molecule has 2 aromatic rings. The van der Waals surface area contributed by atoms with E-state index < -0.39 is 5.25 Å². The molecule has 0 bridgehead atoms. The summed E-state index contributed by atoms with van der Waals surface area (Å²) in [7, 11) is 0. The summed E-state index contributed by atoms with van der Waals surface area (Å²) in [5.41, 5.74) is 1.02. The predicted octanol–water partition coefficient (Wildman–Crippen LogP) is 5.86. The number of halogens is 2. The second-order valence-electron chi connectivity index (χ2n) is 7.32. The molecule has 176 valence electrons. The number of aromatic hydroxyl groups is 1. The number of phenols is 1. The first-order chi connectivity index (χ1) is 15.8. The Bertz CT molecular complexity index is 1040. The molecule has 0 saturated carbocycles. The summed E-state index contributed by atoms with van der Waals surface area (Å²) in [5.74, 6) is -0.000438. The number of hydrogen-bond donors (Lipinski definition) is 2. The second kappa shape index (κ2) is 11.6. The molecule has 3 rings (SSSR count). The highest BCUT2D eigenvalue weighted by Gasteiger charge is 2.38. The molecule has 2 aromatic carbocycles. The quantitative estimate of drug-likeness (QED) is 0.441. The van der Waals surface area contributed by atoms with Gasteiger partial charge in [-0.2, -0.15) is 0 Å². The van der Waals surface area contributed by atoms with Crippen LogP contribution in [0.2, 0.25) is 10.0 Å². The number of hydrogen-bond acceptors (Lipinski definition) is 6. The van der Waals surface area contributed by atoms with Crippen molar-refractivity contribution in [2.75, 3.05) is 18.5 Å². The highest BCUT2D eigenvalue weighted by atomic mass is 35.5. The lowest BCUT2D eigenvalue weighted by Gasteiger charge is -2.16. The topological polar surface area (TPSA) is 91.2 Å². The fraction of sp³-hybridized carbons (Fsp3) is 0.348. The summed E-state index contributed by atoms with van der Waals surface area (Å²) < 4.78 is 5.46. The van der Waals surface area contributed by atoms with Crippen LogP contribution in [0.15, 0.2) is 41.4 Å². The first-order valence-corrected chi connectivity index (χ1v) is 12.2. The number of ether oxygens (including phenoxy) is 1. The number of anilines is 1. The molecule has 0 aliphatic carbocycles. The molecule has 0 radical (unpaired) electrons. The van der Waals surface area contributed by atoms with Crippen molar-refractivity contribution in [3.63, 3.8) is 0 Å². The van der Waals surface area contributed by atoms with Crippen LogP contribution >= 0.6 is 35.0 Å². The fourth-order valence-corrected chi connectivity index (χ4v) is 4.84. The lowest BCUT2D eigenvalue weighted by atomic mass is 10.2. The van der Waals surface area contributed by atoms with E-state index in [9.17, 15) is 14.7 Å². The van der Waals surface area contributed by atoms with Gasteiger partial charge in [-0.15, -0.1) is 0 Å². The number of thioether (sulfide) groups is 1. The van der Waals surface area contributed by atoms with Gasteiger partial charge in [-0.1, -0.05) is 54.4 Å². The lowest BCUT2D eigenvalue weighted by molar-refractivity contribution is -0.128. The van der Waals surface area contributed by atoms with Crippen LogP contribution in [-0.4, -0.2) is 45.4 Å². The minimum atomic E-state index is -0.598. The van der Waals surface area contributed by atoms with Crippen LogP contribution in [0.3, 0.4) is 0 Å². The number of phenolic OH excluding ortho intramolecular Hbond substituents is 1. The van der Waals surface area contributed by atoms with E-state index in [1.165, 1.54) is 23.9 Å². The zero-order chi connectivity index (χ0) is 24.0. The molecular weight excluding hydrogens is 485 g/mol. The third-order valence-electron chi connectivity index (χ3n) is 4.78. The van der Waals surface area contributed by atoms with Crippen molar-refractivity contribution in [2.24, 2.45) is 4.99 Å². The van der Waals surface area contributed by atoms with Gasteiger partial charge in [-0.25, -0.2) is 4.99 Å². The van der Waals surface area contributed by atoms with E-state index in [-0.39, 0.29) is 34.0 Å². The van der Waals surface area contributed by atoms with Gasteiger partial charge in [0.25, 0.3) is 0 Å². The van der Waals surface area contributed by atoms with Crippen LogP contribution in [0.25, 0.3) is 0 Å². The molecule has 0 spiro atoms. The molecule has 2 amide bonds. The van der Waals surface area contributed by atoms with E-state index in [2.05, 4.69) is 10.3 Å². The maximum absolute atomic E-state index is 13.1. The van der Waals surface area contributed by atoms with Crippen molar-refractivity contribution in [3.8, 4) is 11.5 Å². The van der Waals surface area contributed by atoms with Gasteiger partial charge >= 0.3 is 0 Å². The third kappa shape index (κ3) is 6.56. The van der Waals surface area contributed by atoms with Crippen molar-refractivity contribution >= 4 is 63.3 Å². The molecule has 33 heavy (non-hydrogen) atoms. The number of rotatable bonds is 9. The van der Waals surface area contributed by atoms with Crippen LogP contribution < -0.4 is 10.1 Å². The summed E-state index contributed by atoms with van der Waals surface area (Å²) in [5, 5.41) is 12.6. The minimum absolute atomic E-state index is 0.00109. The van der Waals surface area contributed by atoms with E-state index in [0.717, 1.165) is 12.8 Å². The molecular formula is C23H25Cl2N3O4S. The Labute approximate surface area is 207 Å². The van der Waals surface area contributed by atoms with Gasteiger partial charge in [0.05, 0.1) is 22.3 Å². The molecule has 0 unspecified atom stereocenters. The Hall–Kier alpha value is -2.42. The standard InChI is InChI=1S/C23H25Cl2N3O4S/c1-3-5-9-28-22(31)19(13-20(29)26-14-7-6-8-16(10-14)32-4-2)33-23(28)27-15-11-17(24)21(30)18(25)12-15/h6-8,10-12,19,30H,3-5,9,13H2,1-2H3,(H,26,29)/t19-/m0/s1. The Morgan fingerprint density at radius 2 is 1.97 bits per heavy atom. The van der Waals surface area contributed by atoms with Crippen molar-refractivity contribution in [1.82, 2.24) is 4.90 Å². The summed E-state index contributed by atoms with van der Waals surface area (Å²) >= 11 is 13.2. The van der Waals surface area contributed by atoms with Gasteiger partial charge in [-0.3, -0.25) is 14.5 Å². The number of unbranched alkanes of at least 4 members (excludes halogenated alkanes) is 1. The Morgan fingerprint density at radius 3 is 2.64 bits per heavy atom. The van der Waals surface area contributed by atoms with Gasteiger partial charge in [0, 0.05) is 24.7 Å². The first kappa shape index (κ1) is 25.2. The molecule has 10 heteroatoms. The number of aliphatic imine (C=N–C) groups is 1. The zero-order valence-electron chi connectivity index (χ0n) is 18.3. The predicted molar refractivity (Wildman–Crippen MR) is 134 cm³/mol. The van der Waals surface area contributed by atoms with Crippen molar-refractivity contribution < 1.29 is 19.4 Å². The molecule has 1 fully saturated rings. The second-order valence-corrected chi connectivity index (χ2v) is 9.30. The number of amides is 2. The zero-order valence-corrected chi connectivity index (χ0v) is 20.6. The normalized spacial score (nSPS) is 17.0. The molecule has 7 nitrogen and oxygen atoms in total. The Balaban J connectivity index is 1.76. The Kier molecular flexibility index (Phi) is 8.88. The van der Waals surface area contributed by atoms with Crippen LogP contribution in [0, 0.1) is 0 Å². The number of carbonyl (C=O) groups is 2. The lowest BCUT2D eigenvalue weighted by Crippen LogP contribution is -2.34. The number of amidine groups is 1. The number of carbonyl (C=O) groups excluding carboxylic acids is 2. The summed E-state index contributed by atoms with van der Waals surface area (Å²) in [6.07, 6.45) is 1.70. The van der Waals surface area contributed by atoms with Gasteiger partial charge in [-0.05, 0) is 37.6 Å². The maximum Gasteiger partial charge on any atom is 0.242 e. The number of nitrogens with zero attached hydrogens (tertiary/aromatic N) is 2. The van der Waals surface area contributed by atoms with E-state index in [1.54, 1.807) is 23.1 Å². The number of nitrogens with one attached hydrogen (secondary N) is 1. The molecule has 1 heterocycles. The van der Waals surface area contributed by atoms with E-state index in [0.29, 0.717) is 35.4 Å². The first-order valence-electron chi connectivity index (χ1n) is 10.6. The summed E-state index contributed by atoms with van der Waals surface area (Å²) in [6.45, 7) is 4.94. The van der Waals surface area contributed by atoms with Gasteiger partial charge in [0.2, 0.25) is 11.8 Å². The van der Waals surface area contributed by atoms with E-state index in [1.807, 2.05) is 19.9 Å². The molecule has 1 saturated heterocycles. The van der Waals surface area contributed by atoms with Crippen LogP contribution in [0.5, 0.6) is 11.5 Å². The van der Waals surface area contributed by atoms with Gasteiger partial charge in [0.15, 0.2) is 10.9 Å². The SMILES string of the molecule is CCCCN1C(=O)[C@H](CC(=O)Nc2cccc(OCC)c2)SC1=Nc1cc(Cl)c(O)c(Cl)c1. The molecule has 2 N–H and O–H groups in total. The molecule has 0 aromatic heterocycles. The largest absolute Gasteiger partial charge is 0.505 e. The van der Waals surface area contributed by atoms with Crippen molar-refractivity contribution in [2.45, 2.75) is 38.4 Å². The van der Waals surface area contributed by atoms with E-state index >= 15 is 0 Å². The van der Waals surface area contributed by atoms with Gasteiger partial charge in [0.1, 0.15) is 11.0 Å². The smallest absolute Gasteiger partial charge is 0.242 e.